The SMILES string of the molecule is CC(C1CC1)N(C)c1nc(N)c(Cl)cc1Cl. The number of pyridine rings is 1. The summed E-state index contributed by atoms with van der Waals surface area (Å²) in [4.78, 5) is 6.32. The highest BCUT2D eigenvalue weighted by molar-refractivity contribution is 6.37. The monoisotopic (exact) mass is 259 g/mol. The molecule has 0 spiro atoms. The molecule has 1 aromatic heterocycles. The summed E-state index contributed by atoms with van der Waals surface area (Å²) in [5, 5.41) is 0.954. The van der Waals surface area contributed by atoms with E-state index < -0.39 is 0 Å². The van der Waals surface area contributed by atoms with Crippen molar-refractivity contribution in [2.75, 3.05) is 17.7 Å². The molecule has 0 saturated heterocycles. The Labute approximate surface area is 106 Å². The molecule has 16 heavy (non-hydrogen) atoms. The number of anilines is 2. The Hall–Kier alpha value is -0.670. The van der Waals surface area contributed by atoms with Gasteiger partial charge in [0.05, 0.1) is 10.0 Å². The fourth-order valence-corrected chi connectivity index (χ4v) is 2.30. The van der Waals surface area contributed by atoms with Crippen molar-refractivity contribution in [1.82, 2.24) is 4.98 Å². The molecule has 1 aliphatic carbocycles. The molecule has 1 aromatic rings. The van der Waals surface area contributed by atoms with Crippen molar-refractivity contribution < 1.29 is 0 Å². The molecule has 1 atom stereocenters. The minimum atomic E-state index is 0.330. The van der Waals surface area contributed by atoms with Crippen molar-refractivity contribution in [2.24, 2.45) is 5.92 Å². The van der Waals surface area contributed by atoms with Crippen LogP contribution in [0.3, 0.4) is 0 Å². The van der Waals surface area contributed by atoms with Gasteiger partial charge in [0.2, 0.25) is 0 Å². The van der Waals surface area contributed by atoms with E-state index in [1.807, 2.05) is 7.05 Å². The summed E-state index contributed by atoms with van der Waals surface area (Å²) < 4.78 is 0. The lowest BCUT2D eigenvalue weighted by atomic mass is 10.2. The van der Waals surface area contributed by atoms with Crippen LogP contribution in [-0.2, 0) is 0 Å². The number of nitrogens with zero attached hydrogens (tertiary/aromatic N) is 2. The molecule has 1 aliphatic rings. The van der Waals surface area contributed by atoms with Crippen molar-refractivity contribution in [2.45, 2.75) is 25.8 Å². The van der Waals surface area contributed by atoms with Gasteiger partial charge in [-0.1, -0.05) is 23.2 Å². The van der Waals surface area contributed by atoms with E-state index in [-0.39, 0.29) is 0 Å². The van der Waals surface area contributed by atoms with Crippen LogP contribution in [0.4, 0.5) is 11.6 Å². The fraction of sp³-hybridized carbons (Fsp3) is 0.545. The fourth-order valence-electron chi connectivity index (χ4n) is 1.81. The Morgan fingerprint density at radius 1 is 1.44 bits per heavy atom. The van der Waals surface area contributed by atoms with Crippen LogP contribution in [0, 0.1) is 5.92 Å². The average molecular weight is 260 g/mol. The minimum absolute atomic E-state index is 0.330. The summed E-state index contributed by atoms with van der Waals surface area (Å²) in [5.74, 6) is 1.79. The normalized spacial score (nSPS) is 17.2. The van der Waals surface area contributed by atoms with E-state index in [4.69, 9.17) is 28.9 Å². The van der Waals surface area contributed by atoms with Crippen LogP contribution < -0.4 is 10.6 Å². The van der Waals surface area contributed by atoms with Crippen LogP contribution in [0.25, 0.3) is 0 Å². The van der Waals surface area contributed by atoms with E-state index in [0.717, 1.165) is 5.92 Å². The summed E-state index contributed by atoms with van der Waals surface area (Å²) in [6.07, 6.45) is 2.57. The van der Waals surface area contributed by atoms with Crippen molar-refractivity contribution in [1.29, 1.82) is 0 Å². The maximum atomic E-state index is 6.12. The summed E-state index contributed by atoms with van der Waals surface area (Å²) in [7, 11) is 1.99. The lowest BCUT2D eigenvalue weighted by Crippen LogP contribution is -2.31. The molecule has 0 bridgehead atoms. The van der Waals surface area contributed by atoms with Crippen LogP contribution in [-0.4, -0.2) is 18.1 Å². The zero-order valence-corrected chi connectivity index (χ0v) is 10.9. The van der Waals surface area contributed by atoms with Crippen molar-refractivity contribution >= 4 is 34.8 Å². The third-order valence-corrected chi connectivity index (χ3v) is 3.77. The largest absolute Gasteiger partial charge is 0.382 e. The maximum Gasteiger partial charge on any atom is 0.149 e. The van der Waals surface area contributed by atoms with E-state index in [0.29, 0.717) is 27.7 Å². The molecule has 2 rings (SSSR count). The Balaban J connectivity index is 2.28. The highest BCUT2D eigenvalue weighted by atomic mass is 35.5. The van der Waals surface area contributed by atoms with Gasteiger partial charge in [-0.15, -0.1) is 0 Å². The molecular weight excluding hydrogens is 245 g/mol. The highest BCUT2D eigenvalue weighted by Crippen LogP contribution is 2.38. The predicted molar refractivity (Wildman–Crippen MR) is 69.3 cm³/mol. The number of hydrogen-bond acceptors (Lipinski definition) is 3. The van der Waals surface area contributed by atoms with Gasteiger partial charge in [-0.05, 0) is 31.7 Å². The quantitative estimate of drug-likeness (QED) is 0.907. The van der Waals surface area contributed by atoms with E-state index in [2.05, 4.69) is 16.8 Å². The van der Waals surface area contributed by atoms with Crippen molar-refractivity contribution in [3.63, 3.8) is 0 Å². The number of aromatic nitrogens is 1. The predicted octanol–water partition coefficient (Wildman–Crippen LogP) is 3.21. The Morgan fingerprint density at radius 2 is 2.06 bits per heavy atom. The molecule has 0 amide bonds. The summed E-state index contributed by atoms with van der Waals surface area (Å²) >= 11 is 12.0. The third kappa shape index (κ3) is 2.20. The van der Waals surface area contributed by atoms with Crippen LogP contribution in [0.5, 0.6) is 0 Å². The molecule has 0 aliphatic heterocycles. The second kappa shape index (κ2) is 4.30. The highest BCUT2D eigenvalue weighted by Gasteiger charge is 2.31. The Morgan fingerprint density at radius 3 is 2.62 bits per heavy atom. The zero-order chi connectivity index (χ0) is 11.9. The first-order valence-electron chi connectivity index (χ1n) is 5.35. The lowest BCUT2D eigenvalue weighted by Gasteiger charge is -2.27. The van der Waals surface area contributed by atoms with Gasteiger partial charge < -0.3 is 10.6 Å². The maximum absolute atomic E-state index is 6.12. The van der Waals surface area contributed by atoms with Crippen molar-refractivity contribution in [3.8, 4) is 0 Å². The second-order valence-electron chi connectivity index (χ2n) is 4.35. The van der Waals surface area contributed by atoms with Crippen molar-refractivity contribution in [3.05, 3.63) is 16.1 Å². The van der Waals surface area contributed by atoms with E-state index >= 15 is 0 Å². The molecular formula is C11H15Cl2N3. The first kappa shape index (κ1) is 11.8. The first-order valence-corrected chi connectivity index (χ1v) is 6.10. The van der Waals surface area contributed by atoms with Gasteiger partial charge in [-0.2, -0.15) is 0 Å². The number of hydrogen-bond donors (Lipinski definition) is 1. The topological polar surface area (TPSA) is 42.2 Å². The van der Waals surface area contributed by atoms with Gasteiger partial charge in [0.25, 0.3) is 0 Å². The molecule has 88 valence electrons. The van der Waals surface area contributed by atoms with Gasteiger partial charge in [0.1, 0.15) is 11.6 Å². The van der Waals surface area contributed by atoms with Crippen LogP contribution in [0.1, 0.15) is 19.8 Å². The van der Waals surface area contributed by atoms with Gasteiger partial charge in [0.15, 0.2) is 0 Å². The van der Waals surface area contributed by atoms with Crippen LogP contribution in [0.15, 0.2) is 6.07 Å². The molecule has 2 N–H and O–H groups in total. The van der Waals surface area contributed by atoms with Gasteiger partial charge in [-0.3, -0.25) is 0 Å². The molecule has 3 nitrogen and oxygen atoms in total. The number of halogens is 2. The second-order valence-corrected chi connectivity index (χ2v) is 5.16. The molecule has 0 aromatic carbocycles. The molecule has 1 heterocycles. The zero-order valence-electron chi connectivity index (χ0n) is 9.37. The average Bonchev–Trinajstić information content (AvgIpc) is 3.05. The number of nitrogen functional groups attached to an aromatic ring is 1. The summed E-state index contributed by atoms with van der Waals surface area (Å²) in [5.41, 5.74) is 5.69. The van der Waals surface area contributed by atoms with Crippen LogP contribution >= 0.6 is 23.2 Å². The van der Waals surface area contributed by atoms with E-state index in [1.54, 1.807) is 6.07 Å². The van der Waals surface area contributed by atoms with Gasteiger partial charge in [-0.25, -0.2) is 4.98 Å². The summed E-state index contributed by atoms with van der Waals surface area (Å²) in [6.45, 7) is 2.18. The number of nitrogens with two attached hydrogens (primary N) is 1. The Kier molecular flexibility index (Phi) is 3.17. The van der Waals surface area contributed by atoms with Crippen LogP contribution in [0.2, 0.25) is 10.0 Å². The first-order chi connectivity index (χ1) is 7.50. The smallest absolute Gasteiger partial charge is 0.149 e. The van der Waals surface area contributed by atoms with Gasteiger partial charge >= 0.3 is 0 Å². The molecule has 1 fully saturated rings. The number of rotatable bonds is 3. The molecule has 5 heteroatoms. The Bertz CT molecular complexity index is 404. The minimum Gasteiger partial charge on any atom is -0.382 e. The van der Waals surface area contributed by atoms with E-state index in [9.17, 15) is 0 Å². The molecule has 1 saturated carbocycles. The van der Waals surface area contributed by atoms with E-state index in [1.165, 1.54) is 12.8 Å². The molecule has 1 unspecified atom stereocenters. The lowest BCUT2D eigenvalue weighted by molar-refractivity contribution is 0.604. The standard InChI is InChI=1S/C11H15Cl2N3/c1-6(7-3-4-7)16(2)11-9(13)5-8(12)10(14)15-11/h5-7H,3-4H2,1-2H3,(H2,14,15). The summed E-state index contributed by atoms with van der Waals surface area (Å²) in [6, 6.07) is 2.09. The van der Waals surface area contributed by atoms with Gasteiger partial charge in [0, 0.05) is 13.1 Å². The molecule has 0 radical (unpaired) electrons. The third-order valence-electron chi connectivity index (χ3n) is 3.19.